The molecular weight excluding hydrogens is 552 g/mol. The molecule has 6 unspecified atom stereocenters. The summed E-state index contributed by atoms with van der Waals surface area (Å²) in [6, 6.07) is 3.04. The van der Waals surface area contributed by atoms with Crippen LogP contribution in [-0.2, 0) is 20.7 Å². The number of carbonyl (C=O) groups is 4. The highest BCUT2D eigenvalue weighted by molar-refractivity contribution is 6.31. The maximum absolute atomic E-state index is 13.7. The Morgan fingerprint density at radius 3 is 2.43 bits per heavy atom. The number of urea groups is 1. The van der Waals surface area contributed by atoms with Gasteiger partial charge in [-0.2, -0.15) is 0 Å². The van der Waals surface area contributed by atoms with Crippen LogP contribution in [0.2, 0.25) is 0 Å². The van der Waals surface area contributed by atoms with Crippen LogP contribution in [0.15, 0.2) is 18.2 Å². The highest BCUT2D eigenvalue weighted by Gasteiger charge is 2.49. The molecule has 1 aliphatic heterocycles. The molecule has 0 radical (unpaired) electrons. The fraction of sp³-hybridized carbons (Fsp3) is 0.448. The molecular formula is C29H32N2O11. The SMILES string of the molecule is CNC(=O)NC1CC(OC2CC(O)(C(C)=O)Cc3c(O)c4c(c(O)c32)C(=O)c2c(OC)cccc2C4=O)OC(C)C1O. The lowest BCUT2D eigenvalue weighted by molar-refractivity contribution is -0.248. The van der Waals surface area contributed by atoms with Crippen molar-refractivity contribution in [3.63, 3.8) is 0 Å². The van der Waals surface area contributed by atoms with Crippen LogP contribution in [-0.4, -0.2) is 88.1 Å². The maximum Gasteiger partial charge on any atom is 0.314 e. The standard InChI is InChI=1S/C29H32N2O11/c1-11-23(33)15(31-28(38)30-3)8-18(41-11)42-17-10-29(39,12(2)32)9-14-20(17)27(37)22-21(25(14)35)24(34)13-6-5-7-16(40-4)19(13)26(22)36/h5-7,11,15,17-18,23,33,35,37,39H,8-10H2,1-4H3,(H2,30,31,38). The summed E-state index contributed by atoms with van der Waals surface area (Å²) in [5.74, 6) is -3.37. The molecule has 6 atom stereocenters. The van der Waals surface area contributed by atoms with Crippen molar-refractivity contribution in [1.29, 1.82) is 0 Å². The smallest absolute Gasteiger partial charge is 0.314 e. The number of hydrogen-bond acceptors (Lipinski definition) is 11. The Hall–Kier alpha value is -4.04. The normalized spacial score (nSPS) is 28.3. The van der Waals surface area contributed by atoms with Crippen molar-refractivity contribution in [3.05, 3.63) is 51.6 Å². The third-order valence-electron chi connectivity index (χ3n) is 8.30. The first-order chi connectivity index (χ1) is 19.8. The van der Waals surface area contributed by atoms with E-state index >= 15 is 0 Å². The second-order valence-corrected chi connectivity index (χ2v) is 10.8. The summed E-state index contributed by atoms with van der Waals surface area (Å²) in [6.07, 6.45) is -5.22. The second-order valence-electron chi connectivity index (χ2n) is 10.8. The number of methoxy groups -OCH3 is 1. The first kappa shape index (κ1) is 29.5. The predicted octanol–water partition coefficient (Wildman–Crippen LogP) is 0.999. The average Bonchev–Trinajstić information content (AvgIpc) is 2.95. The molecule has 2 aromatic rings. The fourth-order valence-corrected chi connectivity index (χ4v) is 6.01. The Bertz CT molecular complexity index is 1510. The number of amides is 2. The summed E-state index contributed by atoms with van der Waals surface area (Å²) >= 11 is 0. The Kier molecular flexibility index (Phi) is 7.47. The number of rotatable bonds is 5. The van der Waals surface area contributed by atoms with Crippen molar-refractivity contribution in [1.82, 2.24) is 10.6 Å². The Morgan fingerprint density at radius 1 is 1.10 bits per heavy atom. The lowest BCUT2D eigenvalue weighted by Crippen LogP contribution is -2.57. The number of fused-ring (bicyclic) bond motifs is 3. The van der Waals surface area contributed by atoms with Crippen LogP contribution in [0.25, 0.3) is 0 Å². The van der Waals surface area contributed by atoms with E-state index < -0.39 is 88.7 Å². The van der Waals surface area contributed by atoms with Crippen LogP contribution < -0.4 is 15.4 Å². The molecule has 1 fully saturated rings. The van der Waals surface area contributed by atoms with Crippen molar-refractivity contribution < 1.29 is 53.8 Å². The van der Waals surface area contributed by atoms with Crippen LogP contribution >= 0.6 is 0 Å². The fourth-order valence-electron chi connectivity index (χ4n) is 6.01. The molecule has 2 aliphatic carbocycles. The van der Waals surface area contributed by atoms with Gasteiger partial charge < -0.3 is 45.3 Å². The number of aromatic hydroxyl groups is 2. The van der Waals surface area contributed by atoms with Crippen LogP contribution in [0.5, 0.6) is 17.2 Å². The number of phenolic OH excluding ortho intramolecular Hbond substituents is 2. The van der Waals surface area contributed by atoms with E-state index in [2.05, 4.69) is 10.6 Å². The molecule has 1 heterocycles. The second kappa shape index (κ2) is 10.7. The van der Waals surface area contributed by atoms with E-state index in [0.717, 1.165) is 6.92 Å². The molecule has 5 rings (SSSR count). The summed E-state index contributed by atoms with van der Waals surface area (Å²) in [7, 11) is 2.74. The molecule has 0 spiro atoms. The summed E-state index contributed by atoms with van der Waals surface area (Å²) < 4.78 is 17.2. The zero-order valence-electron chi connectivity index (χ0n) is 23.4. The number of ketones is 3. The zero-order chi connectivity index (χ0) is 30.7. The maximum atomic E-state index is 13.7. The van der Waals surface area contributed by atoms with Gasteiger partial charge in [0.2, 0.25) is 5.78 Å². The van der Waals surface area contributed by atoms with Gasteiger partial charge in [-0.05, 0) is 19.9 Å². The van der Waals surface area contributed by atoms with Crippen LogP contribution in [0.3, 0.4) is 0 Å². The molecule has 0 saturated carbocycles. The molecule has 0 aromatic heterocycles. The molecule has 3 aliphatic rings. The number of phenols is 2. The monoisotopic (exact) mass is 584 g/mol. The minimum atomic E-state index is -2.06. The van der Waals surface area contributed by atoms with Gasteiger partial charge in [0.25, 0.3) is 0 Å². The van der Waals surface area contributed by atoms with Crippen molar-refractivity contribution in [2.45, 2.75) is 69.4 Å². The van der Waals surface area contributed by atoms with Gasteiger partial charge in [-0.25, -0.2) is 4.79 Å². The number of benzene rings is 2. The number of carbonyl (C=O) groups excluding carboxylic acids is 4. The van der Waals surface area contributed by atoms with E-state index in [1.807, 2.05) is 0 Å². The van der Waals surface area contributed by atoms with Gasteiger partial charge in [0.15, 0.2) is 17.9 Å². The van der Waals surface area contributed by atoms with E-state index in [1.54, 1.807) is 6.92 Å². The molecule has 2 aromatic carbocycles. The quantitative estimate of drug-likeness (QED) is 0.234. The van der Waals surface area contributed by atoms with Crippen LogP contribution in [0.4, 0.5) is 4.79 Å². The topological polar surface area (TPSA) is 201 Å². The Balaban J connectivity index is 1.62. The number of nitrogens with one attached hydrogen (secondary N) is 2. The molecule has 13 heteroatoms. The zero-order valence-corrected chi connectivity index (χ0v) is 23.4. The first-order valence-electron chi connectivity index (χ1n) is 13.4. The molecule has 42 heavy (non-hydrogen) atoms. The summed E-state index contributed by atoms with van der Waals surface area (Å²) in [6.45, 7) is 2.72. The van der Waals surface area contributed by atoms with Crippen molar-refractivity contribution in [2.75, 3.05) is 14.2 Å². The molecule has 0 bridgehead atoms. The summed E-state index contributed by atoms with van der Waals surface area (Å²) in [4.78, 5) is 51.8. The van der Waals surface area contributed by atoms with Crippen LogP contribution in [0, 0.1) is 0 Å². The summed E-state index contributed by atoms with van der Waals surface area (Å²) in [5.41, 5.74) is -3.30. The van der Waals surface area contributed by atoms with Gasteiger partial charge in [0.1, 0.15) is 29.0 Å². The summed E-state index contributed by atoms with van der Waals surface area (Å²) in [5, 5.41) is 49.9. The van der Waals surface area contributed by atoms with E-state index in [0.29, 0.717) is 0 Å². The van der Waals surface area contributed by atoms with E-state index in [-0.39, 0.29) is 40.8 Å². The van der Waals surface area contributed by atoms with Gasteiger partial charge in [-0.1, -0.05) is 12.1 Å². The third-order valence-corrected chi connectivity index (χ3v) is 8.30. The minimum Gasteiger partial charge on any atom is -0.507 e. The van der Waals surface area contributed by atoms with Gasteiger partial charge >= 0.3 is 6.03 Å². The highest BCUT2D eigenvalue weighted by Crippen LogP contribution is 2.52. The average molecular weight is 585 g/mol. The molecule has 6 N–H and O–H groups in total. The number of aliphatic hydroxyl groups excluding tert-OH is 1. The number of hydrogen-bond donors (Lipinski definition) is 6. The molecule has 13 nitrogen and oxygen atoms in total. The van der Waals surface area contributed by atoms with Gasteiger partial charge in [-0.3, -0.25) is 14.4 Å². The third kappa shape index (κ3) is 4.58. The van der Waals surface area contributed by atoms with E-state index in [1.165, 1.54) is 32.4 Å². The number of Topliss-reactive ketones (excluding diaryl/α,β-unsaturated/α-hetero) is 1. The minimum absolute atomic E-state index is 0.0373. The molecule has 1 saturated heterocycles. The van der Waals surface area contributed by atoms with E-state index in [9.17, 15) is 39.6 Å². The Morgan fingerprint density at radius 2 is 1.79 bits per heavy atom. The predicted molar refractivity (Wildman–Crippen MR) is 144 cm³/mol. The van der Waals surface area contributed by atoms with Gasteiger partial charge in [0.05, 0.1) is 42.0 Å². The number of aliphatic hydroxyl groups is 2. The highest BCUT2D eigenvalue weighted by atomic mass is 16.7. The molecule has 2 amide bonds. The van der Waals surface area contributed by atoms with E-state index in [4.69, 9.17) is 14.2 Å². The van der Waals surface area contributed by atoms with Crippen molar-refractivity contribution in [2.24, 2.45) is 0 Å². The molecule has 224 valence electrons. The van der Waals surface area contributed by atoms with Gasteiger partial charge in [-0.15, -0.1) is 0 Å². The van der Waals surface area contributed by atoms with Crippen LogP contribution in [0.1, 0.15) is 75.8 Å². The number of ether oxygens (including phenoxy) is 3. The first-order valence-corrected chi connectivity index (χ1v) is 13.4. The Labute approximate surface area is 240 Å². The largest absolute Gasteiger partial charge is 0.507 e. The van der Waals surface area contributed by atoms with Crippen molar-refractivity contribution >= 4 is 23.4 Å². The lowest BCUT2D eigenvalue weighted by Gasteiger charge is -2.42. The van der Waals surface area contributed by atoms with Crippen molar-refractivity contribution in [3.8, 4) is 17.2 Å². The lowest BCUT2D eigenvalue weighted by atomic mass is 9.72. The van der Waals surface area contributed by atoms with Gasteiger partial charge in [0, 0.05) is 43.0 Å².